The van der Waals surface area contributed by atoms with Gasteiger partial charge < -0.3 is 5.32 Å². The van der Waals surface area contributed by atoms with Gasteiger partial charge in [-0.2, -0.15) is 5.26 Å². The number of aromatic nitrogens is 1. The smallest absolute Gasteiger partial charge is 0.274 e. The van der Waals surface area contributed by atoms with Gasteiger partial charge in [0.2, 0.25) is 0 Å². The van der Waals surface area contributed by atoms with E-state index in [4.69, 9.17) is 5.26 Å². The number of pyridine rings is 1. The number of hydrogen-bond donors (Lipinski definition) is 1. The standard InChI is InChI=1S/C20H18N4O/c1-11(2)18-17-7-16(6-5-14(17)9-22-18)24-20(25)19-13(4)12(3)15(8-21)10-23-19/h5-7,10H,1,9H2,2-4H3,(H,24,25). The highest BCUT2D eigenvalue weighted by Gasteiger charge is 2.19. The zero-order valence-electron chi connectivity index (χ0n) is 14.5. The molecule has 0 atom stereocenters. The minimum absolute atomic E-state index is 0.295. The van der Waals surface area contributed by atoms with Gasteiger partial charge in [-0.05, 0) is 55.2 Å². The van der Waals surface area contributed by atoms with Crippen molar-refractivity contribution >= 4 is 17.3 Å². The lowest BCUT2D eigenvalue weighted by atomic mass is 10.0. The van der Waals surface area contributed by atoms with Crippen molar-refractivity contribution in [3.8, 4) is 6.07 Å². The fraction of sp³-hybridized carbons (Fsp3) is 0.200. The Morgan fingerprint density at radius 3 is 2.76 bits per heavy atom. The summed E-state index contributed by atoms with van der Waals surface area (Å²) in [7, 11) is 0. The van der Waals surface area contributed by atoms with E-state index >= 15 is 0 Å². The van der Waals surface area contributed by atoms with Crippen LogP contribution < -0.4 is 5.32 Å². The Kier molecular flexibility index (Phi) is 4.20. The molecule has 5 heteroatoms. The lowest BCUT2D eigenvalue weighted by Crippen LogP contribution is -2.16. The topological polar surface area (TPSA) is 78.1 Å². The number of nitriles is 1. The Bertz CT molecular complexity index is 980. The van der Waals surface area contributed by atoms with Crippen LogP contribution in [0.15, 0.2) is 41.5 Å². The first-order valence-electron chi connectivity index (χ1n) is 7.93. The van der Waals surface area contributed by atoms with Gasteiger partial charge in [-0.15, -0.1) is 0 Å². The third kappa shape index (κ3) is 2.94. The van der Waals surface area contributed by atoms with Crippen molar-refractivity contribution < 1.29 is 4.79 Å². The number of carbonyl (C=O) groups is 1. The van der Waals surface area contributed by atoms with Crippen molar-refractivity contribution in [3.05, 3.63) is 70.1 Å². The molecule has 0 unspecified atom stereocenters. The summed E-state index contributed by atoms with van der Waals surface area (Å²) in [6.45, 7) is 10.1. The van der Waals surface area contributed by atoms with Crippen LogP contribution in [0.4, 0.5) is 5.69 Å². The molecule has 1 aromatic heterocycles. The molecule has 124 valence electrons. The molecular weight excluding hydrogens is 312 g/mol. The summed E-state index contributed by atoms with van der Waals surface area (Å²) in [5.41, 5.74) is 6.89. The molecule has 2 aromatic rings. The van der Waals surface area contributed by atoms with E-state index in [1.54, 1.807) is 6.92 Å². The first-order valence-corrected chi connectivity index (χ1v) is 7.93. The fourth-order valence-electron chi connectivity index (χ4n) is 2.86. The predicted octanol–water partition coefficient (Wildman–Crippen LogP) is 3.70. The lowest BCUT2D eigenvalue weighted by Gasteiger charge is -2.11. The van der Waals surface area contributed by atoms with Gasteiger partial charge in [-0.1, -0.05) is 12.6 Å². The van der Waals surface area contributed by atoms with Crippen LogP contribution in [0, 0.1) is 25.2 Å². The number of fused-ring (bicyclic) bond motifs is 1. The maximum atomic E-state index is 12.6. The van der Waals surface area contributed by atoms with Crippen molar-refractivity contribution in [1.29, 1.82) is 5.26 Å². The second-order valence-electron chi connectivity index (χ2n) is 6.15. The van der Waals surface area contributed by atoms with Crippen LogP contribution in [-0.2, 0) is 6.54 Å². The van der Waals surface area contributed by atoms with E-state index in [2.05, 4.69) is 27.9 Å². The van der Waals surface area contributed by atoms with Gasteiger partial charge in [0, 0.05) is 17.4 Å². The first kappa shape index (κ1) is 16.6. The Labute approximate surface area is 146 Å². The molecule has 5 nitrogen and oxygen atoms in total. The summed E-state index contributed by atoms with van der Waals surface area (Å²) in [6.07, 6.45) is 1.44. The highest BCUT2D eigenvalue weighted by Crippen LogP contribution is 2.26. The molecule has 2 heterocycles. The number of rotatable bonds is 3. The molecular formula is C20H18N4O. The van der Waals surface area contributed by atoms with E-state index < -0.39 is 0 Å². The number of benzene rings is 1. The molecule has 1 aliphatic heterocycles. The Hall–Kier alpha value is -3.26. The van der Waals surface area contributed by atoms with Gasteiger partial charge in [-0.3, -0.25) is 9.79 Å². The van der Waals surface area contributed by atoms with Crippen molar-refractivity contribution in [2.24, 2.45) is 4.99 Å². The predicted molar refractivity (Wildman–Crippen MR) is 97.9 cm³/mol. The quantitative estimate of drug-likeness (QED) is 0.932. The molecule has 0 bridgehead atoms. The number of nitrogens with one attached hydrogen (secondary N) is 1. The van der Waals surface area contributed by atoms with Gasteiger partial charge in [-0.25, -0.2) is 4.98 Å². The molecule has 25 heavy (non-hydrogen) atoms. The van der Waals surface area contributed by atoms with Crippen molar-refractivity contribution in [2.75, 3.05) is 5.32 Å². The molecule has 0 aliphatic carbocycles. The summed E-state index contributed by atoms with van der Waals surface area (Å²) in [4.78, 5) is 21.2. The summed E-state index contributed by atoms with van der Waals surface area (Å²) in [6, 6.07) is 7.82. The molecule has 1 amide bonds. The SMILES string of the molecule is C=C(C)C1=NCc2ccc(NC(=O)c3ncc(C#N)c(C)c3C)cc21. The Morgan fingerprint density at radius 2 is 2.08 bits per heavy atom. The van der Waals surface area contributed by atoms with Gasteiger partial charge in [0.25, 0.3) is 5.91 Å². The van der Waals surface area contributed by atoms with E-state index in [0.29, 0.717) is 29.1 Å². The number of hydrogen-bond acceptors (Lipinski definition) is 4. The molecule has 0 fully saturated rings. The third-order valence-electron chi connectivity index (χ3n) is 4.41. The molecule has 0 spiro atoms. The molecule has 0 saturated heterocycles. The molecule has 1 N–H and O–H groups in total. The normalized spacial score (nSPS) is 12.2. The highest BCUT2D eigenvalue weighted by molar-refractivity contribution is 6.15. The average Bonchev–Trinajstić information content (AvgIpc) is 3.00. The van der Waals surface area contributed by atoms with Crippen LogP contribution in [0.25, 0.3) is 0 Å². The Balaban J connectivity index is 1.90. The molecule has 1 aliphatic rings. The van der Waals surface area contributed by atoms with Crippen LogP contribution in [0.1, 0.15) is 45.2 Å². The summed E-state index contributed by atoms with van der Waals surface area (Å²) in [5, 5.41) is 11.9. The monoisotopic (exact) mass is 330 g/mol. The van der Waals surface area contributed by atoms with Gasteiger partial charge in [0.15, 0.2) is 0 Å². The molecule has 0 radical (unpaired) electrons. The van der Waals surface area contributed by atoms with Crippen LogP contribution in [0.2, 0.25) is 0 Å². The second-order valence-corrected chi connectivity index (χ2v) is 6.15. The minimum atomic E-state index is -0.295. The van der Waals surface area contributed by atoms with Crippen molar-refractivity contribution in [1.82, 2.24) is 4.98 Å². The zero-order chi connectivity index (χ0) is 18.1. The maximum Gasteiger partial charge on any atom is 0.274 e. The third-order valence-corrected chi connectivity index (χ3v) is 4.41. The van der Waals surface area contributed by atoms with Gasteiger partial charge >= 0.3 is 0 Å². The lowest BCUT2D eigenvalue weighted by molar-refractivity contribution is 0.102. The Morgan fingerprint density at radius 1 is 1.32 bits per heavy atom. The van der Waals surface area contributed by atoms with E-state index in [1.165, 1.54) is 6.20 Å². The van der Waals surface area contributed by atoms with E-state index in [-0.39, 0.29) is 5.91 Å². The van der Waals surface area contributed by atoms with Crippen LogP contribution in [-0.4, -0.2) is 16.6 Å². The van der Waals surface area contributed by atoms with E-state index in [9.17, 15) is 4.79 Å². The number of allylic oxidation sites excluding steroid dienone is 1. The molecule has 1 aromatic carbocycles. The fourth-order valence-corrected chi connectivity index (χ4v) is 2.86. The van der Waals surface area contributed by atoms with Crippen LogP contribution >= 0.6 is 0 Å². The zero-order valence-corrected chi connectivity index (χ0v) is 14.5. The van der Waals surface area contributed by atoms with Gasteiger partial charge in [0.05, 0.1) is 17.8 Å². The maximum absolute atomic E-state index is 12.6. The summed E-state index contributed by atoms with van der Waals surface area (Å²) < 4.78 is 0. The summed E-state index contributed by atoms with van der Waals surface area (Å²) >= 11 is 0. The van der Waals surface area contributed by atoms with E-state index in [0.717, 1.165) is 28.0 Å². The second kappa shape index (κ2) is 6.33. The first-order chi connectivity index (χ1) is 11.9. The largest absolute Gasteiger partial charge is 0.321 e. The van der Waals surface area contributed by atoms with Crippen molar-refractivity contribution in [2.45, 2.75) is 27.3 Å². The highest BCUT2D eigenvalue weighted by atomic mass is 16.1. The number of amides is 1. The van der Waals surface area contributed by atoms with E-state index in [1.807, 2.05) is 32.0 Å². The minimum Gasteiger partial charge on any atom is -0.321 e. The van der Waals surface area contributed by atoms with Crippen LogP contribution in [0.3, 0.4) is 0 Å². The number of anilines is 1. The number of nitrogens with zero attached hydrogens (tertiary/aromatic N) is 3. The molecule has 0 saturated carbocycles. The van der Waals surface area contributed by atoms with Gasteiger partial charge in [0.1, 0.15) is 11.8 Å². The van der Waals surface area contributed by atoms with Crippen molar-refractivity contribution in [3.63, 3.8) is 0 Å². The number of carbonyl (C=O) groups excluding carboxylic acids is 1. The average molecular weight is 330 g/mol. The summed E-state index contributed by atoms with van der Waals surface area (Å²) in [5.74, 6) is -0.295. The molecule has 3 rings (SSSR count). The number of aliphatic imine (C=N–C) groups is 1. The van der Waals surface area contributed by atoms with Crippen LogP contribution in [0.5, 0.6) is 0 Å².